The van der Waals surface area contributed by atoms with Gasteiger partial charge in [0.1, 0.15) is 11.8 Å². The highest BCUT2D eigenvalue weighted by Crippen LogP contribution is 2.26. The molecule has 0 aliphatic rings. The smallest absolute Gasteiger partial charge is 0.241 e. The van der Waals surface area contributed by atoms with E-state index in [-0.39, 0.29) is 22.8 Å². The van der Waals surface area contributed by atoms with E-state index in [9.17, 15) is 13.2 Å². The van der Waals surface area contributed by atoms with Crippen molar-refractivity contribution >= 4 is 15.9 Å². The van der Waals surface area contributed by atoms with Gasteiger partial charge >= 0.3 is 0 Å². The molecule has 0 saturated carbocycles. The molecule has 0 saturated heterocycles. The third-order valence-corrected chi connectivity index (χ3v) is 6.23. The molecule has 2 atom stereocenters. The Morgan fingerprint density at radius 1 is 0.966 bits per heavy atom. The van der Waals surface area contributed by atoms with Crippen LogP contribution in [0.15, 0.2) is 47.4 Å². The number of hydrogen-bond donors (Lipinski definition) is 2. The van der Waals surface area contributed by atoms with Crippen LogP contribution in [-0.4, -0.2) is 27.5 Å². The number of aryl methyl sites for hydroxylation is 2. The van der Waals surface area contributed by atoms with E-state index in [1.54, 1.807) is 33.1 Å². The fourth-order valence-electron chi connectivity index (χ4n) is 3.02. The van der Waals surface area contributed by atoms with Gasteiger partial charge in [-0.15, -0.1) is 0 Å². The molecule has 0 fully saturated rings. The fraction of sp³-hybridized carbons (Fsp3) is 0.409. The highest BCUT2D eigenvalue weighted by Gasteiger charge is 2.29. The lowest BCUT2D eigenvalue weighted by molar-refractivity contribution is -0.124. The summed E-state index contributed by atoms with van der Waals surface area (Å²) in [5, 5.41) is 2.92. The Morgan fingerprint density at radius 2 is 1.55 bits per heavy atom. The molecule has 158 valence electrons. The number of hydrogen-bond acceptors (Lipinski definition) is 4. The van der Waals surface area contributed by atoms with Crippen molar-refractivity contribution in [3.8, 4) is 5.75 Å². The fourth-order valence-corrected chi connectivity index (χ4v) is 4.36. The van der Waals surface area contributed by atoms with Crippen molar-refractivity contribution in [2.45, 2.75) is 51.6 Å². The first-order valence-corrected chi connectivity index (χ1v) is 11.1. The maximum atomic E-state index is 12.9. The van der Waals surface area contributed by atoms with Crippen LogP contribution in [0.25, 0.3) is 0 Å². The second-order valence-electron chi connectivity index (χ2n) is 7.63. The Morgan fingerprint density at radius 3 is 2.10 bits per heavy atom. The van der Waals surface area contributed by atoms with E-state index in [2.05, 4.69) is 10.0 Å². The van der Waals surface area contributed by atoms with E-state index in [0.717, 1.165) is 16.7 Å². The van der Waals surface area contributed by atoms with Crippen LogP contribution in [0, 0.1) is 19.8 Å². The van der Waals surface area contributed by atoms with Crippen molar-refractivity contribution in [1.82, 2.24) is 10.0 Å². The first-order valence-electron chi connectivity index (χ1n) is 9.59. The van der Waals surface area contributed by atoms with Crippen LogP contribution >= 0.6 is 0 Å². The van der Waals surface area contributed by atoms with Crippen LogP contribution < -0.4 is 14.8 Å². The first kappa shape index (κ1) is 22.9. The summed E-state index contributed by atoms with van der Waals surface area (Å²) in [4.78, 5) is 13.1. The summed E-state index contributed by atoms with van der Waals surface area (Å²) in [6.07, 6.45) is 0. The number of amides is 1. The van der Waals surface area contributed by atoms with Gasteiger partial charge in [0.25, 0.3) is 0 Å². The van der Waals surface area contributed by atoms with Gasteiger partial charge in [0.05, 0.1) is 18.0 Å². The number of sulfonamides is 1. The molecule has 1 amide bonds. The lowest BCUT2D eigenvalue weighted by atomic mass is 10.0. The molecule has 7 heteroatoms. The van der Waals surface area contributed by atoms with E-state index in [0.29, 0.717) is 5.75 Å². The molecule has 2 aromatic carbocycles. The SMILES string of the molecule is COc1ccc(C)cc1[C@@H](C)NC(=O)[C@H](NS(=O)(=O)c1ccc(C)cc1)C(C)C. The minimum atomic E-state index is -3.82. The van der Waals surface area contributed by atoms with Crippen LogP contribution in [0.3, 0.4) is 0 Å². The molecule has 0 aliphatic carbocycles. The van der Waals surface area contributed by atoms with E-state index < -0.39 is 16.1 Å². The van der Waals surface area contributed by atoms with Crippen LogP contribution in [0.1, 0.15) is 43.5 Å². The lowest BCUT2D eigenvalue weighted by Crippen LogP contribution is -2.50. The van der Waals surface area contributed by atoms with E-state index in [1.807, 2.05) is 39.0 Å². The Kier molecular flexibility index (Phi) is 7.43. The number of ether oxygens (including phenoxy) is 1. The zero-order valence-electron chi connectivity index (χ0n) is 17.8. The molecule has 2 N–H and O–H groups in total. The average molecular weight is 419 g/mol. The number of carbonyl (C=O) groups is 1. The molecular formula is C22H30N2O4S. The van der Waals surface area contributed by atoms with Crippen molar-refractivity contribution in [2.24, 2.45) is 5.92 Å². The van der Waals surface area contributed by atoms with Crippen molar-refractivity contribution < 1.29 is 17.9 Å². The van der Waals surface area contributed by atoms with Gasteiger partial charge in [-0.25, -0.2) is 8.42 Å². The number of rotatable bonds is 8. The standard InChI is InChI=1S/C22H30N2O4S/c1-14(2)21(24-29(26,27)18-10-7-15(3)8-11-18)22(25)23-17(5)19-13-16(4)9-12-20(19)28-6/h7-14,17,21,24H,1-6H3,(H,23,25)/t17-,21-/m1/s1. The second-order valence-corrected chi connectivity index (χ2v) is 9.35. The van der Waals surface area contributed by atoms with Crippen LogP contribution in [0.5, 0.6) is 5.75 Å². The minimum absolute atomic E-state index is 0.134. The summed E-state index contributed by atoms with van der Waals surface area (Å²) in [7, 11) is -2.24. The van der Waals surface area contributed by atoms with E-state index >= 15 is 0 Å². The Balaban J connectivity index is 2.21. The molecule has 6 nitrogen and oxygen atoms in total. The second kappa shape index (κ2) is 9.41. The zero-order chi connectivity index (χ0) is 21.8. The summed E-state index contributed by atoms with van der Waals surface area (Å²) >= 11 is 0. The van der Waals surface area contributed by atoms with E-state index in [1.165, 1.54) is 12.1 Å². The minimum Gasteiger partial charge on any atom is -0.496 e. The summed E-state index contributed by atoms with van der Waals surface area (Å²) in [5.41, 5.74) is 2.84. The monoisotopic (exact) mass is 418 g/mol. The van der Waals surface area contributed by atoms with Gasteiger partial charge in [-0.2, -0.15) is 4.72 Å². The zero-order valence-corrected chi connectivity index (χ0v) is 18.6. The molecule has 0 aliphatic heterocycles. The summed E-state index contributed by atoms with van der Waals surface area (Å²) in [5.74, 6) is 0.0540. The molecule has 2 aromatic rings. The molecular weight excluding hydrogens is 388 g/mol. The average Bonchev–Trinajstić information content (AvgIpc) is 2.66. The van der Waals surface area contributed by atoms with Crippen molar-refractivity contribution in [3.63, 3.8) is 0 Å². The summed E-state index contributed by atoms with van der Waals surface area (Å²) in [6, 6.07) is 11.0. The number of benzene rings is 2. The maximum absolute atomic E-state index is 12.9. The predicted octanol–water partition coefficient (Wildman–Crippen LogP) is 3.49. The van der Waals surface area contributed by atoms with Crippen molar-refractivity contribution in [3.05, 3.63) is 59.2 Å². The maximum Gasteiger partial charge on any atom is 0.241 e. The van der Waals surface area contributed by atoms with Crippen molar-refractivity contribution in [1.29, 1.82) is 0 Å². The number of carbonyl (C=O) groups excluding carboxylic acids is 1. The summed E-state index contributed by atoms with van der Waals surface area (Å²) < 4.78 is 33.5. The van der Waals surface area contributed by atoms with Gasteiger partial charge in [-0.1, -0.05) is 49.2 Å². The van der Waals surface area contributed by atoms with E-state index in [4.69, 9.17) is 4.74 Å². The van der Waals surface area contributed by atoms with Crippen LogP contribution in [0.4, 0.5) is 0 Å². The number of nitrogens with one attached hydrogen (secondary N) is 2. The van der Waals surface area contributed by atoms with Gasteiger partial charge in [-0.3, -0.25) is 4.79 Å². The molecule has 29 heavy (non-hydrogen) atoms. The molecule has 0 radical (unpaired) electrons. The predicted molar refractivity (Wildman–Crippen MR) is 114 cm³/mol. The molecule has 0 unspecified atom stereocenters. The topological polar surface area (TPSA) is 84.5 Å². The summed E-state index contributed by atoms with van der Waals surface area (Å²) in [6.45, 7) is 9.31. The molecule has 0 spiro atoms. The Bertz CT molecular complexity index is 953. The Labute approximate surface area is 173 Å². The number of methoxy groups -OCH3 is 1. The highest BCUT2D eigenvalue weighted by molar-refractivity contribution is 7.89. The molecule has 0 bridgehead atoms. The van der Waals surface area contributed by atoms with Gasteiger partial charge < -0.3 is 10.1 Å². The normalized spacial score (nSPS) is 13.8. The highest BCUT2D eigenvalue weighted by atomic mass is 32.2. The molecule has 0 aromatic heterocycles. The Hall–Kier alpha value is -2.38. The van der Waals surface area contributed by atoms with Gasteiger partial charge in [-0.05, 0) is 44.9 Å². The van der Waals surface area contributed by atoms with Crippen LogP contribution in [-0.2, 0) is 14.8 Å². The lowest BCUT2D eigenvalue weighted by Gasteiger charge is -2.25. The third kappa shape index (κ3) is 5.81. The first-order chi connectivity index (χ1) is 13.5. The van der Waals surface area contributed by atoms with Gasteiger partial charge in [0.15, 0.2) is 0 Å². The molecule has 2 rings (SSSR count). The quantitative estimate of drug-likeness (QED) is 0.687. The van der Waals surface area contributed by atoms with Gasteiger partial charge in [0, 0.05) is 5.56 Å². The largest absolute Gasteiger partial charge is 0.496 e. The van der Waals surface area contributed by atoms with Crippen LogP contribution in [0.2, 0.25) is 0 Å². The van der Waals surface area contributed by atoms with Gasteiger partial charge in [0.2, 0.25) is 15.9 Å². The third-order valence-electron chi connectivity index (χ3n) is 4.77. The van der Waals surface area contributed by atoms with Crippen molar-refractivity contribution in [2.75, 3.05) is 7.11 Å². The molecule has 0 heterocycles.